The van der Waals surface area contributed by atoms with Crippen LogP contribution in [0.4, 0.5) is 0 Å². The maximum absolute atomic E-state index is 12.2. The van der Waals surface area contributed by atoms with Crippen LogP contribution >= 0.6 is 12.2 Å². The van der Waals surface area contributed by atoms with Crippen molar-refractivity contribution in [2.45, 2.75) is 53.1 Å². The van der Waals surface area contributed by atoms with Gasteiger partial charge in [0.05, 0.1) is 11.8 Å². The number of hydrogen-bond acceptors (Lipinski definition) is 2. The normalized spacial score (nSPS) is 20.5. The molecule has 0 saturated carbocycles. The molecule has 0 aromatic carbocycles. The third kappa shape index (κ3) is 1.71. The summed E-state index contributed by atoms with van der Waals surface area (Å²) in [6.07, 6.45) is 0. The Hall–Kier alpha value is -0.770. The monoisotopic (exact) mass is 227 g/mol. The molecule has 15 heavy (non-hydrogen) atoms. The third-order valence-electron chi connectivity index (χ3n) is 2.69. The Morgan fingerprint density at radius 3 is 2.07 bits per heavy atom. The SMILES string of the molecule is CC(C)=[N+]1C(=O)C(C)(C)N(C(C)C)C1=S. The zero-order valence-electron chi connectivity index (χ0n) is 10.3. The minimum absolute atomic E-state index is 0.0706. The molecule has 1 saturated heterocycles. The van der Waals surface area contributed by atoms with E-state index in [1.165, 1.54) is 0 Å². The average Bonchev–Trinajstić information content (AvgIpc) is 2.17. The van der Waals surface area contributed by atoms with Crippen molar-refractivity contribution in [3.05, 3.63) is 0 Å². The first-order chi connectivity index (χ1) is 6.71. The summed E-state index contributed by atoms with van der Waals surface area (Å²) in [5.74, 6) is 0.0706. The Bertz CT molecular complexity index is 352. The average molecular weight is 227 g/mol. The van der Waals surface area contributed by atoms with Crippen LogP contribution in [0.25, 0.3) is 0 Å². The molecule has 0 N–H and O–H groups in total. The zero-order chi connectivity index (χ0) is 12.0. The van der Waals surface area contributed by atoms with Crippen LogP contribution in [0.1, 0.15) is 41.5 Å². The molecular formula is C11H19N2OS+. The van der Waals surface area contributed by atoms with Crippen LogP contribution in [-0.4, -0.2) is 37.8 Å². The predicted octanol–water partition coefficient (Wildman–Crippen LogP) is 1.79. The van der Waals surface area contributed by atoms with Crippen LogP contribution < -0.4 is 0 Å². The van der Waals surface area contributed by atoms with Gasteiger partial charge in [0.1, 0.15) is 0 Å². The zero-order valence-corrected chi connectivity index (χ0v) is 11.1. The van der Waals surface area contributed by atoms with E-state index < -0.39 is 5.54 Å². The van der Waals surface area contributed by atoms with Crippen LogP contribution in [0.5, 0.6) is 0 Å². The largest absolute Gasteiger partial charge is 0.362 e. The molecule has 0 radical (unpaired) electrons. The Kier molecular flexibility index (Phi) is 3.01. The molecule has 1 aliphatic heterocycles. The number of rotatable bonds is 1. The second-order valence-corrected chi connectivity index (χ2v) is 5.26. The van der Waals surface area contributed by atoms with Crippen molar-refractivity contribution in [2.24, 2.45) is 0 Å². The minimum atomic E-state index is -0.525. The Balaban J connectivity index is 3.33. The molecule has 1 aliphatic rings. The maximum Gasteiger partial charge on any atom is 0.362 e. The summed E-state index contributed by atoms with van der Waals surface area (Å²) in [5, 5.41) is 0.625. The molecule has 84 valence electrons. The van der Waals surface area contributed by atoms with Gasteiger partial charge in [-0.25, -0.2) is 9.69 Å². The predicted molar refractivity (Wildman–Crippen MR) is 65.3 cm³/mol. The lowest BCUT2D eigenvalue weighted by Gasteiger charge is -2.24. The fourth-order valence-electron chi connectivity index (χ4n) is 2.07. The number of amides is 1. The smallest absolute Gasteiger partial charge is 0.241 e. The summed E-state index contributed by atoms with van der Waals surface area (Å²) >= 11 is 5.35. The highest BCUT2D eigenvalue weighted by atomic mass is 32.1. The van der Waals surface area contributed by atoms with E-state index in [0.29, 0.717) is 5.11 Å². The first kappa shape index (κ1) is 12.3. The van der Waals surface area contributed by atoms with Crippen LogP contribution in [0.3, 0.4) is 0 Å². The van der Waals surface area contributed by atoms with Crippen molar-refractivity contribution in [1.29, 1.82) is 0 Å². The summed E-state index contributed by atoms with van der Waals surface area (Å²) in [6.45, 7) is 11.8. The van der Waals surface area contributed by atoms with E-state index in [4.69, 9.17) is 12.2 Å². The van der Waals surface area contributed by atoms with E-state index >= 15 is 0 Å². The highest BCUT2D eigenvalue weighted by Gasteiger charge is 2.56. The van der Waals surface area contributed by atoms with Gasteiger partial charge < -0.3 is 0 Å². The first-order valence-electron chi connectivity index (χ1n) is 5.19. The first-order valence-corrected chi connectivity index (χ1v) is 5.60. The van der Waals surface area contributed by atoms with Gasteiger partial charge in [-0.15, -0.1) is 0 Å². The second kappa shape index (κ2) is 3.67. The number of carbonyl (C=O) groups is 1. The second-order valence-electron chi connectivity index (χ2n) is 4.89. The number of hydrogen-bond donors (Lipinski definition) is 0. The van der Waals surface area contributed by atoms with Crippen molar-refractivity contribution >= 4 is 28.9 Å². The molecule has 0 atom stereocenters. The van der Waals surface area contributed by atoms with Crippen molar-refractivity contribution < 1.29 is 9.37 Å². The number of nitrogens with zero attached hydrogens (tertiary/aromatic N) is 2. The van der Waals surface area contributed by atoms with Gasteiger partial charge in [-0.1, -0.05) is 0 Å². The van der Waals surface area contributed by atoms with Gasteiger partial charge in [0.15, 0.2) is 0 Å². The van der Waals surface area contributed by atoms with Gasteiger partial charge in [-0.2, -0.15) is 4.58 Å². The van der Waals surface area contributed by atoms with E-state index in [9.17, 15) is 4.79 Å². The molecule has 0 spiro atoms. The lowest BCUT2D eigenvalue weighted by molar-refractivity contribution is -0.332. The minimum Gasteiger partial charge on any atom is -0.241 e. The molecule has 0 unspecified atom stereocenters. The van der Waals surface area contributed by atoms with E-state index in [-0.39, 0.29) is 11.9 Å². The summed E-state index contributed by atoms with van der Waals surface area (Å²) in [5.41, 5.74) is 0.406. The van der Waals surface area contributed by atoms with Gasteiger partial charge in [-0.05, 0) is 41.5 Å². The van der Waals surface area contributed by atoms with Crippen molar-refractivity contribution in [3.8, 4) is 0 Å². The standard InChI is InChI=1S/C11H19N2OS/c1-7(2)12-9(14)11(5,6)13(8(3)4)10(12)15/h8H,1-6H3/q+1. The summed E-state index contributed by atoms with van der Waals surface area (Å²) in [4.78, 5) is 14.2. The Labute approximate surface area is 96.8 Å². The molecule has 0 aromatic rings. The molecule has 0 bridgehead atoms. The Morgan fingerprint density at radius 1 is 1.40 bits per heavy atom. The van der Waals surface area contributed by atoms with E-state index in [1.807, 2.05) is 32.6 Å². The van der Waals surface area contributed by atoms with E-state index in [1.54, 1.807) is 4.58 Å². The fraction of sp³-hybridized carbons (Fsp3) is 0.727. The van der Waals surface area contributed by atoms with Crippen molar-refractivity contribution in [1.82, 2.24) is 4.90 Å². The van der Waals surface area contributed by atoms with Gasteiger partial charge in [-0.3, -0.25) is 0 Å². The molecule has 4 heteroatoms. The van der Waals surface area contributed by atoms with Gasteiger partial charge >= 0.3 is 11.0 Å². The number of thiocarbonyl (C=S) groups is 1. The quantitative estimate of drug-likeness (QED) is 0.504. The number of carbonyl (C=O) groups excluding carboxylic acids is 1. The molecular weight excluding hydrogens is 208 g/mol. The van der Waals surface area contributed by atoms with E-state index in [2.05, 4.69) is 13.8 Å². The molecule has 1 rings (SSSR count). The maximum atomic E-state index is 12.2. The van der Waals surface area contributed by atoms with Gasteiger partial charge in [0, 0.05) is 12.2 Å². The third-order valence-corrected chi connectivity index (χ3v) is 3.07. The summed E-state index contributed by atoms with van der Waals surface area (Å²) in [6, 6.07) is 0.237. The molecule has 0 aliphatic carbocycles. The molecule has 0 aromatic heterocycles. The van der Waals surface area contributed by atoms with Crippen LogP contribution in [0.15, 0.2) is 0 Å². The van der Waals surface area contributed by atoms with Crippen molar-refractivity contribution in [2.75, 3.05) is 0 Å². The fourth-order valence-corrected chi connectivity index (χ4v) is 2.78. The van der Waals surface area contributed by atoms with Crippen molar-refractivity contribution in [3.63, 3.8) is 0 Å². The summed E-state index contributed by atoms with van der Waals surface area (Å²) < 4.78 is 1.63. The van der Waals surface area contributed by atoms with Gasteiger partial charge in [0.2, 0.25) is 5.54 Å². The lowest BCUT2D eigenvalue weighted by atomic mass is 10.0. The van der Waals surface area contributed by atoms with Gasteiger partial charge in [0.25, 0.3) is 0 Å². The summed E-state index contributed by atoms with van der Waals surface area (Å²) in [7, 11) is 0. The van der Waals surface area contributed by atoms with Crippen LogP contribution in [0.2, 0.25) is 0 Å². The Morgan fingerprint density at radius 2 is 1.87 bits per heavy atom. The highest BCUT2D eigenvalue weighted by molar-refractivity contribution is 7.79. The molecule has 1 heterocycles. The highest BCUT2D eigenvalue weighted by Crippen LogP contribution is 2.27. The molecule has 1 fully saturated rings. The lowest BCUT2D eigenvalue weighted by Crippen LogP contribution is -2.47. The van der Waals surface area contributed by atoms with Crippen LogP contribution in [0, 0.1) is 0 Å². The van der Waals surface area contributed by atoms with E-state index in [0.717, 1.165) is 5.71 Å². The molecule has 1 amide bonds. The molecule has 3 nitrogen and oxygen atoms in total. The topological polar surface area (TPSA) is 23.3 Å². The van der Waals surface area contributed by atoms with Crippen LogP contribution in [-0.2, 0) is 4.79 Å².